The average Bonchev–Trinajstić information content (AvgIpc) is 3.06. The summed E-state index contributed by atoms with van der Waals surface area (Å²) in [6, 6.07) is 9.68. The summed E-state index contributed by atoms with van der Waals surface area (Å²) in [5.74, 6) is -2.56. The fourth-order valence-electron chi connectivity index (χ4n) is 3.25. The highest BCUT2D eigenvalue weighted by Gasteiger charge is 2.33. The smallest absolute Gasteiger partial charge is 0.270 e. The van der Waals surface area contributed by atoms with Crippen molar-refractivity contribution >= 4 is 44.9 Å². The number of nitrogens with two attached hydrogens (primary N) is 1. The van der Waals surface area contributed by atoms with E-state index >= 15 is 0 Å². The number of nitrogens with zero attached hydrogens (tertiary/aromatic N) is 1. The standard InChI is InChI=1S/C21H18Cl2FN3O4S/c1-11-17(21(29)27(2)10-12-5-3-4-6-16(12)23)26-18(20(25)28)19(11)32(30,31)15-8-13(22)7-14(24)9-15/h3-9,26H,10H2,1-2H3,(H2,25,28). The molecule has 7 nitrogen and oxygen atoms in total. The minimum atomic E-state index is -4.44. The highest BCUT2D eigenvalue weighted by Crippen LogP contribution is 2.32. The number of halogens is 3. The molecule has 1 heterocycles. The lowest BCUT2D eigenvalue weighted by molar-refractivity contribution is 0.0779. The topological polar surface area (TPSA) is 113 Å². The normalized spacial score (nSPS) is 11.4. The molecule has 3 aromatic rings. The van der Waals surface area contributed by atoms with E-state index in [4.69, 9.17) is 28.9 Å². The molecule has 0 unspecified atom stereocenters. The first-order valence-corrected chi connectivity index (χ1v) is 11.4. The SMILES string of the molecule is Cc1c(C(=O)N(C)Cc2ccccc2Cl)[nH]c(C(N)=O)c1S(=O)(=O)c1cc(F)cc(Cl)c1. The number of hydrogen-bond acceptors (Lipinski definition) is 4. The zero-order valence-electron chi connectivity index (χ0n) is 16.9. The van der Waals surface area contributed by atoms with Gasteiger partial charge in [-0.2, -0.15) is 0 Å². The lowest BCUT2D eigenvalue weighted by atomic mass is 10.2. The minimum Gasteiger partial charge on any atom is -0.364 e. The molecule has 0 saturated carbocycles. The Morgan fingerprint density at radius 3 is 2.38 bits per heavy atom. The highest BCUT2D eigenvalue weighted by atomic mass is 35.5. The number of nitrogens with one attached hydrogen (secondary N) is 1. The first kappa shape index (κ1) is 23.8. The van der Waals surface area contributed by atoms with Crippen LogP contribution in [-0.2, 0) is 16.4 Å². The summed E-state index contributed by atoms with van der Waals surface area (Å²) in [5, 5.41) is 0.313. The van der Waals surface area contributed by atoms with Crippen molar-refractivity contribution in [3.63, 3.8) is 0 Å². The summed E-state index contributed by atoms with van der Waals surface area (Å²) >= 11 is 11.9. The van der Waals surface area contributed by atoms with Crippen LogP contribution >= 0.6 is 23.2 Å². The van der Waals surface area contributed by atoms with Gasteiger partial charge in [0.2, 0.25) is 9.84 Å². The van der Waals surface area contributed by atoms with Crippen LogP contribution in [-0.4, -0.2) is 37.2 Å². The number of sulfone groups is 1. The van der Waals surface area contributed by atoms with Crippen molar-refractivity contribution in [2.24, 2.45) is 5.73 Å². The van der Waals surface area contributed by atoms with Gasteiger partial charge in [-0.05, 0) is 42.3 Å². The van der Waals surface area contributed by atoms with Crippen LogP contribution in [0.15, 0.2) is 52.3 Å². The number of benzene rings is 2. The largest absolute Gasteiger partial charge is 0.364 e. The monoisotopic (exact) mass is 497 g/mol. The summed E-state index contributed by atoms with van der Waals surface area (Å²) in [6.45, 7) is 1.48. The number of primary amides is 1. The van der Waals surface area contributed by atoms with Gasteiger partial charge in [0.25, 0.3) is 11.8 Å². The first-order chi connectivity index (χ1) is 14.9. The molecule has 11 heteroatoms. The summed E-state index contributed by atoms with van der Waals surface area (Å²) < 4.78 is 40.3. The van der Waals surface area contributed by atoms with E-state index in [-0.39, 0.29) is 22.8 Å². The summed E-state index contributed by atoms with van der Waals surface area (Å²) in [7, 11) is -2.95. The van der Waals surface area contributed by atoms with Crippen LogP contribution in [0.25, 0.3) is 0 Å². The molecule has 3 N–H and O–H groups in total. The Balaban J connectivity index is 2.09. The van der Waals surface area contributed by atoms with Crippen molar-refractivity contribution in [3.05, 3.63) is 80.8 Å². The van der Waals surface area contributed by atoms with Crippen LogP contribution in [0.4, 0.5) is 4.39 Å². The maximum atomic E-state index is 13.8. The quantitative estimate of drug-likeness (QED) is 0.536. The number of rotatable bonds is 6. The molecule has 32 heavy (non-hydrogen) atoms. The molecule has 0 radical (unpaired) electrons. The van der Waals surface area contributed by atoms with E-state index in [9.17, 15) is 22.4 Å². The Kier molecular flexibility index (Phi) is 6.64. The van der Waals surface area contributed by atoms with Gasteiger partial charge in [-0.1, -0.05) is 41.4 Å². The fourth-order valence-corrected chi connectivity index (χ4v) is 5.44. The van der Waals surface area contributed by atoms with Gasteiger partial charge in [-0.15, -0.1) is 0 Å². The molecular formula is C21H18Cl2FN3O4S. The van der Waals surface area contributed by atoms with Crippen molar-refractivity contribution in [2.75, 3.05) is 7.05 Å². The van der Waals surface area contributed by atoms with Crippen LogP contribution in [0.5, 0.6) is 0 Å². The van der Waals surface area contributed by atoms with Crippen LogP contribution in [0.1, 0.15) is 32.1 Å². The van der Waals surface area contributed by atoms with Gasteiger partial charge in [0.1, 0.15) is 22.1 Å². The third-order valence-electron chi connectivity index (χ3n) is 4.78. The molecule has 168 valence electrons. The Morgan fingerprint density at radius 2 is 1.78 bits per heavy atom. The minimum absolute atomic E-state index is 0.0322. The molecule has 0 bridgehead atoms. The van der Waals surface area contributed by atoms with Crippen molar-refractivity contribution < 1.29 is 22.4 Å². The van der Waals surface area contributed by atoms with Crippen molar-refractivity contribution in [1.29, 1.82) is 0 Å². The van der Waals surface area contributed by atoms with Gasteiger partial charge in [-0.3, -0.25) is 9.59 Å². The van der Waals surface area contributed by atoms with E-state index in [0.717, 1.165) is 18.2 Å². The van der Waals surface area contributed by atoms with Crippen LogP contribution in [0.2, 0.25) is 10.0 Å². The van der Waals surface area contributed by atoms with Gasteiger partial charge in [0.15, 0.2) is 0 Å². The zero-order valence-corrected chi connectivity index (χ0v) is 19.3. The maximum absolute atomic E-state index is 13.8. The molecule has 0 fully saturated rings. The predicted molar refractivity (Wildman–Crippen MR) is 118 cm³/mol. The second-order valence-corrected chi connectivity index (χ2v) is 9.78. The number of carbonyl (C=O) groups is 2. The van der Waals surface area contributed by atoms with Crippen LogP contribution in [0.3, 0.4) is 0 Å². The molecule has 0 aliphatic rings. The van der Waals surface area contributed by atoms with Gasteiger partial charge in [-0.25, -0.2) is 12.8 Å². The molecule has 0 aliphatic heterocycles. The fraction of sp³-hybridized carbons (Fsp3) is 0.143. The summed E-state index contributed by atoms with van der Waals surface area (Å²) in [4.78, 5) is 27.9. The van der Waals surface area contributed by atoms with Gasteiger partial charge < -0.3 is 15.6 Å². The molecule has 0 saturated heterocycles. The number of aromatic amines is 1. The lowest BCUT2D eigenvalue weighted by Crippen LogP contribution is -2.27. The lowest BCUT2D eigenvalue weighted by Gasteiger charge is -2.18. The maximum Gasteiger partial charge on any atom is 0.270 e. The third-order valence-corrected chi connectivity index (χ3v) is 7.27. The molecule has 3 rings (SSSR count). The number of amides is 2. The summed E-state index contributed by atoms with van der Waals surface area (Å²) in [5.41, 5.74) is 5.38. The molecule has 2 aromatic carbocycles. The average molecular weight is 498 g/mol. The van der Waals surface area contributed by atoms with Gasteiger partial charge in [0, 0.05) is 23.6 Å². The second-order valence-electron chi connectivity index (χ2n) is 7.05. The number of aromatic nitrogens is 1. The van der Waals surface area contributed by atoms with Crippen molar-refractivity contribution in [3.8, 4) is 0 Å². The van der Waals surface area contributed by atoms with E-state index in [1.807, 2.05) is 0 Å². The second kappa shape index (κ2) is 8.93. The number of carbonyl (C=O) groups excluding carboxylic acids is 2. The Morgan fingerprint density at radius 1 is 1.12 bits per heavy atom. The van der Waals surface area contributed by atoms with Gasteiger partial charge in [0.05, 0.1) is 4.90 Å². The molecule has 0 spiro atoms. The Bertz CT molecular complexity index is 1320. The van der Waals surface area contributed by atoms with Crippen molar-refractivity contribution in [2.45, 2.75) is 23.3 Å². The molecule has 2 amide bonds. The zero-order chi connectivity index (χ0) is 23.8. The number of hydrogen-bond donors (Lipinski definition) is 2. The first-order valence-electron chi connectivity index (χ1n) is 9.16. The molecule has 0 aliphatic carbocycles. The molecular weight excluding hydrogens is 480 g/mol. The summed E-state index contributed by atoms with van der Waals surface area (Å²) in [6.07, 6.45) is 0. The van der Waals surface area contributed by atoms with Crippen LogP contribution in [0, 0.1) is 12.7 Å². The predicted octanol–water partition coefficient (Wildman–Crippen LogP) is 3.97. The Hall–Kier alpha value is -2.88. The van der Waals surface area contributed by atoms with Crippen molar-refractivity contribution in [1.82, 2.24) is 9.88 Å². The molecule has 1 aromatic heterocycles. The van der Waals surface area contributed by atoms with E-state index in [1.165, 1.54) is 18.9 Å². The Labute approximate surface area is 193 Å². The van der Waals surface area contributed by atoms with Gasteiger partial charge >= 0.3 is 0 Å². The third kappa shape index (κ3) is 4.50. The number of H-pyrrole nitrogens is 1. The van der Waals surface area contributed by atoms with E-state index < -0.39 is 43.0 Å². The van der Waals surface area contributed by atoms with E-state index in [0.29, 0.717) is 10.6 Å². The van der Waals surface area contributed by atoms with E-state index in [2.05, 4.69) is 4.98 Å². The van der Waals surface area contributed by atoms with E-state index in [1.54, 1.807) is 24.3 Å². The van der Waals surface area contributed by atoms with Crippen LogP contribution < -0.4 is 5.73 Å². The highest BCUT2D eigenvalue weighted by molar-refractivity contribution is 7.91. The molecule has 0 atom stereocenters.